The fourth-order valence-corrected chi connectivity index (χ4v) is 1.65. The lowest BCUT2D eigenvalue weighted by Crippen LogP contribution is -2.42. The van der Waals surface area contributed by atoms with Crippen molar-refractivity contribution in [2.45, 2.75) is 45.1 Å². The molecule has 0 aliphatic heterocycles. The Morgan fingerprint density at radius 1 is 1.44 bits per heavy atom. The second-order valence-electron chi connectivity index (χ2n) is 4.63. The molecule has 3 N–H and O–H groups in total. The van der Waals surface area contributed by atoms with Crippen LogP contribution in [0.2, 0.25) is 0 Å². The van der Waals surface area contributed by atoms with Crippen LogP contribution in [0, 0.1) is 5.92 Å². The first-order valence-corrected chi connectivity index (χ1v) is 6.26. The molecule has 0 aromatic heterocycles. The fraction of sp³-hybridized carbons (Fsp3) is 0.917. The first-order valence-electron chi connectivity index (χ1n) is 6.26. The Hall–Kier alpha value is -0.610. The summed E-state index contributed by atoms with van der Waals surface area (Å²) in [7, 11) is 0. The monoisotopic (exact) mass is 228 g/mol. The Balaban J connectivity index is 2.21. The number of nitrogens with one attached hydrogen (secondary N) is 1. The molecule has 0 spiro atoms. The minimum atomic E-state index is -0.322. The van der Waals surface area contributed by atoms with Crippen molar-refractivity contribution in [3.8, 4) is 0 Å². The number of carbonyl (C=O) groups is 1. The lowest BCUT2D eigenvalue weighted by Gasteiger charge is -2.30. The molecule has 0 aromatic carbocycles. The van der Waals surface area contributed by atoms with Gasteiger partial charge in [0.05, 0.1) is 5.60 Å². The number of rotatable bonds is 8. The first-order chi connectivity index (χ1) is 7.65. The number of hydrogen-bond acceptors (Lipinski definition) is 3. The van der Waals surface area contributed by atoms with Crippen molar-refractivity contribution in [2.24, 2.45) is 11.7 Å². The molecule has 1 aliphatic carbocycles. The summed E-state index contributed by atoms with van der Waals surface area (Å²) in [4.78, 5) is 11.5. The van der Waals surface area contributed by atoms with Gasteiger partial charge in [0.25, 0.3) is 0 Å². The van der Waals surface area contributed by atoms with E-state index in [4.69, 9.17) is 10.5 Å². The standard InChI is InChI=1S/C12H24N2O2/c1-3-12(4-2,9-13)16-8-11(15)14-7-10-5-6-10/h10H,3-9,13H2,1-2H3,(H,14,15). The van der Waals surface area contributed by atoms with E-state index in [0.717, 1.165) is 19.4 Å². The average Bonchev–Trinajstić information content (AvgIpc) is 3.13. The molecule has 4 heteroatoms. The van der Waals surface area contributed by atoms with Crippen LogP contribution in [0.4, 0.5) is 0 Å². The molecular weight excluding hydrogens is 204 g/mol. The Labute approximate surface area is 97.9 Å². The highest BCUT2D eigenvalue weighted by atomic mass is 16.5. The maximum Gasteiger partial charge on any atom is 0.246 e. The summed E-state index contributed by atoms with van der Waals surface area (Å²) in [5.74, 6) is 0.687. The summed E-state index contributed by atoms with van der Waals surface area (Å²) >= 11 is 0. The van der Waals surface area contributed by atoms with Gasteiger partial charge in [-0.25, -0.2) is 0 Å². The third-order valence-electron chi connectivity index (χ3n) is 3.45. The van der Waals surface area contributed by atoms with Gasteiger partial charge in [0.1, 0.15) is 6.61 Å². The van der Waals surface area contributed by atoms with Gasteiger partial charge in [-0.15, -0.1) is 0 Å². The lowest BCUT2D eigenvalue weighted by atomic mass is 9.97. The van der Waals surface area contributed by atoms with Crippen LogP contribution in [-0.2, 0) is 9.53 Å². The lowest BCUT2D eigenvalue weighted by molar-refractivity contribution is -0.133. The van der Waals surface area contributed by atoms with Crippen LogP contribution >= 0.6 is 0 Å². The van der Waals surface area contributed by atoms with Crippen LogP contribution in [0.5, 0.6) is 0 Å². The van der Waals surface area contributed by atoms with Crippen molar-refractivity contribution >= 4 is 5.91 Å². The van der Waals surface area contributed by atoms with Crippen molar-refractivity contribution in [1.29, 1.82) is 0 Å². The normalized spacial score (nSPS) is 16.2. The van der Waals surface area contributed by atoms with Crippen molar-refractivity contribution in [1.82, 2.24) is 5.32 Å². The van der Waals surface area contributed by atoms with Crippen molar-refractivity contribution in [3.63, 3.8) is 0 Å². The summed E-state index contributed by atoms with van der Waals surface area (Å²) in [6.07, 6.45) is 4.18. The van der Waals surface area contributed by atoms with Gasteiger partial charge in [-0.05, 0) is 31.6 Å². The topological polar surface area (TPSA) is 64.3 Å². The fourth-order valence-electron chi connectivity index (χ4n) is 1.65. The Kier molecular flexibility index (Phi) is 5.22. The van der Waals surface area contributed by atoms with E-state index in [1.807, 2.05) is 13.8 Å². The molecule has 0 aromatic rings. The van der Waals surface area contributed by atoms with E-state index >= 15 is 0 Å². The molecule has 0 heterocycles. The predicted molar refractivity (Wildman–Crippen MR) is 64.1 cm³/mol. The number of hydrogen-bond donors (Lipinski definition) is 2. The molecule has 1 fully saturated rings. The third-order valence-corrected chi connectivity index (χ3v) is 3.45. The van der Waals surface area contributed by atoms with Crippen molar-refractivity contribution in [3.05, 3.63) is 0 Å². The zero-order valence-corrected chi connectivity index (χ0v) is 10.4. The highest BCUT2D eigenvalue weighted by Gasteiger charge is 2.26. The summed E-state index contributed by atoms with van der Waals surface area (Å²) in [6, 6.07) is 0. The number of nitrogens with two attached hydrogens (primary N) is 1. The van der Waals surface area contributed by atoms with E-state index < -0.39 is 0 Å². The maximum absolute atomic E-state index is 11.5. The van der Waals surface area contributed by atoms with Crippen molar-refractivity contribution < 1.29 is 9.53 Å². The SMILES string of the molecule is CCC(CC)(CN)OCC(=O)NCC1CC1. The number of ether oxygens (including phenoxy) is 1. The van der Waals surface area contributed by atoms with Gasteiger partial charge in [0.15, 0.2) is 0 Å². The van der Waals surface area contributed by atoms with Crippen LogP contribution in [0.1, 0.15) is 39.5 Å². The van der Waals surface area contributed by atoms with E-state index in [9.17, 15) is 4.79 Å². The average molecular weight is 228 g/mol. The largest absolute Gasteiger partial charge is 0.364 e. The molecular formula is C12H24N2O2. The van der Waals surface area contributed by atoms with E-state index in [1.165, 1.54) is 12.8 Å². The van der Waals surface area contributed by atoms with Crippen molar-refractivity contribution in [2.75, 3.05) is 19.7 Å². The van der Waals surface area contributed by atoms with Gasteiger partial charge < -0.3 is 15.8 Å². The highest BCUT2D eigenvalue weighted by molar-refractivity contribution is 5.77. The molecule has 1 amide bonds. The molecule has 0 bridgehead atoms. The first kappa shape index (κ1) is 13.5. The molecule has 0 radical (unpaired) electrons. The zero-order chi connectivity index (χ0) is 12.0. The predicted octanol–water partition coefficient (Wildman–Crippen LogP) is 1.05. The maximum atomic E-state index is 11.5. The summed E-state index contributed by atoms with van der Waals surface area (Å²) in [5.41, 5.74) is 5.37. The van der Waals surface area contributed by atoms with Crippen LogP contribution < -0.4 is 11.1 Å². The molecule has 0 atom stereocenters. The quantitative estimate of drug-likeness (QED) is 0.652. The van der Waals surface area contributed by atoms with Crippen LogP contribution in [0.15, 0.2) is 0 Å². The van der Waals surface area contributed by atoms with Gasteiger partial charge in [-0.1, -0.05) is 13.8 Å². The Morgan fingerprint density at radius 2 is 2.06 bits per heavy atom. The molecule has 94 valence electrons. The molecule has 0 saturated heterocycles. The molecule has 1 rings (SSSR count). The molecule has 4 nitrogen and oxygen atoms in total. The van der Waals surface area contributed by atoms with Gasteiger partial charge >= 0.3 is 0 Å². The minimum Gasteiger partial charge on any atom is -0.364 e. The number of carbonyl (C=O) groups excluding carboxylic acids is 1. The molecule has 1 aliphatic rings. The second kappa shape index (κ2) is 6.21. The van der Waals surface area contributed by atoms with Gasteiger partial charge in [0, 0.05) is 13.1 Å². The second-order valence-corrected chi connectivity index (χ2v) is 4.63. The molecule has 16 heavy (non-hydrogen) atoms. The van der Waals surface area contributed by atoms with Crippen LogP contribution in [-0.4, -0.2) is 31.2 Å². The van der Waals surface area contributed by atoms with E-state index in [2.05, 4.69) is 5.32 Å². The zero-order valence-electron chi connectivity index (χ0n) is 10.4. The third kappa shape index (κ3) is 4.10. The summed E-state index contributed by atoms with van der Waals surface area (Å²) < 4.78 is 5.65. The highest BCUT2D eigenvalue weighted by Crippen LogP contribution is 2.27. The van der Waals surface area contributed by atoms with E-state index in [1.54, 1.807) is 0 Å². The minimum absolute atomic E-state index is 0.0216. The van der Waals surface area contributed by atoms with Gasteiger partial charge in [-0.3, -0.25) is 4.79 Å². The summed E-state index contributed by atoms with van der Waals surface area (Å²) in [6.45, 7) is 5.48. The summed E-state index contributed by atoms with van der Waals surface area (Å²) in [5, 5.41) is 2.88. The molecule has 1 saturated carbocycles. The van der Waals surface area contributed by atoms with E-state index in [0.29, 0.717) is 12.5 Å². The molecule has 0 unspecified atom stereocenters. The van der Waals surface area contributed by atoms with Gasteiger partial charge in [-0.2, -0.15) is 0 Å². The smallest absolute Gasteiger partial charge is 0.246 e. The van der Waals surface area contributed by atoms with E-state index in [-0.39, 0.29) is 18.1 Å². The van der Waals surface area contributed by atoms with Crippen LogP contribution in [0.25, 0.3) is 0 Å². The number of amides is 1. The Bertz CT molecular complexity index is 215. The van der Waals surface area contributed by atoms with Gasteiger partial charge in [0.2, 0.25) is 5.91 Å². The Morgan fingerprint density at radius 3 is 2.50 bits per heavy atom. The van der Waals surface area contributed by atoms with Crippen LogP contribution in [0.3, 0.4) is 0 Å².